The zero-order valence-electron chi connectivity index (χ0n) is 16.7. The van der Waals surface area contributed by atoms with Gasteiger partial charge in [-0.1, -0.05) is 18.1 Å². The van der Waals surface area contributed by atoms with Crippen molar-refractivity contribution in [1.82, 2.24) is 4.98 Å². The van der Waals surface area contributed by atoms with Gasteiger partial charge in [0.05, 0.1) is 7.11 Å². The maximum absolute atomic E-state index is 12.2. The average Bonchev–Trinajstić information content (AvgIpc) is 2.78. The van der Waals surface area contributed by atoms with Crippen molar-refractivity contribution in [2.75, 3.05) is 12.4 Å². The predicted molar refractivity (Wildman–Crippen MR) is 116 cm³/mol. The van der Waals surface area contributed by atoms with Crippen molar-refractivity contribution in [1.29, 1.82) is 0 Å². The number of nitrogens with zero attached hydrogens (tertiary/aromatic N) is 1. The lowest BCUT2D eigenvalue weighted by molar-refractivity contribution is -0.116. The summed E-state index contributed by atoms with van der Waals surface area (Å²) in [6.45, 7) is 0. The summed E-state index contributed by atoms with van der Waals surface area (Å²) in [5, 5.41) is 2.86. The van der Waals surface area contributed by atoms with Crippen LogP contribution in [0.1, 0.15) is 40.9 Å². The Bertz CT molecular complexity index is 1060. The third kappa shape index (κ3) is 6.32. The molecule has 5 heteroatoms. The summed E-state index contributed by atoms with van der Waals surface area (Å²) >= 11 is 0. The number of Topliss-reactive ketones (excluding diaryl/α,β-unsaturated/α-hetero) is 1. The van der Waals surface area contributed by atoms with Gasteiger partial charge in [-0.05, 0) is 66.9 Å². The number of rotatable bonds is 7. The first-order chi connectivity index (χ1) is 14.6. The van der Waals surface area contributed by atoms with Crippen LogP contribution in [0.15, 0.2) is 72.9 Å². The molecule has 0 bridgehead atoms. The highest BCUT2D eigenvalue weighted by Gasteiger charge is 2.08. The number of ether oxygens (including phenoxy) is 1. The standard InChI is InChI=1S/C25H22N2O3/c1-30-23-15-12-20(13-16-23)24(28)9-5-10-25(29)27-22-8-4-6-19(18-22)11-14-21-7-2-3-17-26-21/h2-4,6-8,12-13,15-18H,5,9-10H2,1H3,(H,27,29). The first-order valence-corrected chi connectivity index (χ1v) is 9.64. The van der Waals surface area contributed by atoms with Crippen molar-refractivity contribution in [2.45, 2.75) is 19.3 Å². The fraction of sp³-hybridized carbons (Fsp3) is 0.160. The van der Waals surface area contributed by atoms with Crippen LogP contribution in [0.3, 0.4) is 0 Å². The van der Waals surface area contributed by atoms with Crippen LogP contribution in [0.4, 0.5) is 5.69 Å². The molecule has 0 atom stereocenters. The van der Waals surface area contributed by atoms with Gasteiger partial charge >= 0.3 is 0 Å². The van der Waals surface area contributed by atoms with Crippen LogP contribution in [-0.2, 0) is 4.79 Å². The van der Waals surface area contributed by atoms with Gasteiger partial charge in [0.25, 0.3) is 0 Å². The average molecular weight is 398 g/mol. The summed E-state index contributed by atoms with van der Waals surface area (Å²) in [7, 11) is 1.58. The molecular weight excluding hydrogens is 376 g/mol. The Morgan fingerprint density at radius 2 is 1.80 bits per heavy atom. The molecule has 0 aliphatic heterocycles. The van der Waals surface area contributed by atoms with E-state index in [2.05, 4.69) is 22.1 Å². The Morgan fingerprint density at radius 3 is 2.53 bits per heavy atom. The number of amides is 1. The minimum Gasteiger partial charge on any atom is -0.497 e. The number of methoxy groups -OCH3 is 1. The first kappa shape index (κ1) is 20.8. The molecule has 0 aliphatic carbocycles. The largest absolute Gasteiger partial charge is 0.497 e. The quantitative estimate of drug-likeness (QED) is 0.471. The summed E-state index contributed by atoms with van der Waals surface area (Å²) in [6, 6.07) is 19.9. The molecule has 1 N–H and O–H groups in total. The summed E-state index contributed by atoms with van der Waals surface area (Å²) in [6.07, 6.45) is 2.76. The van der Waals surface area contributed by atoms with Gasteiger partial charge in [-0.25, -0.2) is 4.98 Å². The number of nitrogens with one attached hydrogen (secondary N) is 1. The van der Waals surface area contributed by atoms with Gasteiger partial charge in [-0.3, -0.25) is 9.59 Å². The van der Waals surface area contributed by atoms with Crippen molar-refractivity contribution in [3.05, 3.63) is 89.7 Å². The number of hydrogen-bond acceptors (Lipinski definition) is 4. The van der Waals surface area contributed by atoms with Gasteiger partial charge in [0.1, 0.15) is 11.4 Å². The fourth-order valence-electron chi connectivity index (χ4n) is 2.80. The van der Waals surface area contributed by atoms with E-state index in [-0.39, 0.29) is 18.1 Å². The molecule has 3 rings (SSSR count). The second kappa shape index (κ2) is 10.6. The van der Waals surface area contributed by atoms with Crippen LogP contribution in [0.25, 0.3) is 0 Å². The Morgan fingerprint density at radius 1 is 0.967 bits per heavy atom. The van der Waals surface area contributed by atoms with Gasteiger partial charge in [-0.15, -0.1) is 0 Å². The monoisotopic (exact) mass is 398 g/mol. The van der Waals surface area contributed by atoms with E-state index in [9.17, 15) is 9.59 Å². The molecule has 0 saturated heterocycles. The topological polar surface area (TPSA) is 68.3 Å². The zero-order chi connectivity index (χ0) is 21.2. The fourth-order valence-corrected chi connectivity index (χ4v) is 2.80. The van der Waals surface area contributed by atoms with E-state index in [1.807, 2.05) is 42.5 Å². The van der Waals surface area contributed by atoms with Crippen LogP contribution in [-0.4, -0.2) is 23.8 Å². The van der Waals surface area contributed by atoms with Crippen LogP contribution in [0, 0.1) is 11.8 Å². The molecule has 150 valence electrons. The molecule has 0 radical (unpaired) electrons. The third-order valence-corrected chi connectivity index (χ3v) is 4.37. The summed E-state index contributed by atoms with van der Waals surface area (Å²) in [4.78, 5) is 28.6. The summed E-state index contributed by atoms with van der Waals surface area (Å²) in [5.74, 6) is 6.62. The maximum atomic E-state index is 12.2. The third-order valence-electron chi connectivity index (χ3n) is 4.37. The van der Waals surface area contributed by atoms with Crippen LogP contribution >= 0.6 is 0 Å². The second-order valence-electron chi connectivity index (χ2n) is 6.60. The minimum absolute atomic E-state index is 0.0113. The molecule has 0 aliphatic rings. The van der Waals surface area contributed by atoms with Gasteiger partial charge < -0.3 is 10.1 Å². The number of hydrogen-bond donors (Lipinski definition) is 1. The van der Waals surface area contributed by atoms with Crippen molar-refractivity contribution in [3.63, 3.8) is 0 Å². The lowest BCUT2D eigenvalue weighted by atomic mass is 10.1. The number of benzene rings is 2. The first-order valence-electron chi connectivity index (χ1n) is 9.64. The van der Waals surface area contributed by atoms with E-state index in [1.165, 1.54) is 0 Å². The lowest BCUT2D eigenvalue weighted by Crippen LogP contribution is -2.12. The lowest BCUT2D eigenvalue weighted by Gasteiger charge is -2.06. The molecule has 0 saturated carbocycles. The van der Waals surface area contributed by atoms with E-state index >= 15 is 0 Å². The van der Waals surface area contributed by atoms with E-state index < -0.39 is 0 Å². The van der Waals surface area contributed by atoms with Gasteiger partial charge in [-0.2, -0.15) is 0 Å². The number of carbonyl (C=O) groups excluding carboxylic acids is 2. The highest BCUT2D eigenvalue weighted by atomic mass is 16.5. The minimum atomic E-state index is -0.132. The van der Waals surface area contributed by atoms with E-state index in [4.69, 9.17) is 4.74 Å². The Balaban J connectivity index is 1.49. The smallest absolute Gasteiger partial charge is 0.224 e. The molecule has 1 heterocycles. The highest BCUT2D eigenvalue weighted by molar-refractivity contribution is 5.97. The maximum Gasteiger partial charge on any atom is 0.224 e. The van der Waals surface area contributed by atoms with Gasteiger partial charge in [0.15, 0.2) is 5.78 Å². The molecule has 0 unspecified atom stereocenters. The Labute approximate surface area is 176 Å². The summed E-state index contributed by atoms with van der Waals surface area (Å²) in [5.41, 5.74) is 2.77. The molecule has 1 amide bonds. The molecule has 30 heavy (non-hydrogen) atoms. The number of aromatic nitrogens is 1. The molecule has 5 nitrogen and oxygen atoms in total. The number of anilines is 1. The molecule has 1 aromatic heterocycles. The van der Waals surface area contributed by atoms with Crippen molar-refractivity contribution < 1.29 is 14.3 Å². The molecule has 0 spiro atoms. The van der Waals surface area contributed by atoms with E-state index in [0.29, 0.717) is 35.5 Å². The molecule has 3 aromatic rings. The normalized spacial score (nSPS) is 9.90. The molecular formula is C25H22N2O3. The zero-order valence-corrected chi connectivity index (χ0v) is 16.7. The van der Waals surface area contributed by atoms with Crippen LogP contribution in [0.5, 0.6) is 5.75 Å². The predicted octanol–water partition coefficient (Wildman–Crippen LogP) is 4.48. The number of ketones is 1. The Hall–Kier alpha value is -3.91. The van der Waals surface area contributed by atoms with Crippen molar-refractivity contribution >= 4 is 17.4 Å². The SMILES string of the molecule is COc1ccc(C(=O)CCCC(=O)Nc2cccc(C#Cc3ccccn3)c2)cc1. The molecule has 0 fully saturated rings. The Kier molecular flexibility index (Phi) is 7.34. The molecule has 2 aromatic carbocycles. The van der Waals surface area contributed by atoms with Crippen LogP contribution in [0.2, 0.25) is 0 Å². The van der Waals surface area contributed by atoms with Crippen molar-refractivity contribution in [3.8, 4) is 17.6 Å². The van der Waals surface area contributed by atoms with Gasteiger partial charge in [0.2, 0.25) is 5.91 Å². The number of carbonyl (C=O) groups is 2. The highest BCUT2D eigenvalue weighted by Crippen LogP contribution is 2.15. The van der Waals surface area contributed by atoms with E-state index in [1.54, 1.807) is 37.6 Å². The number of pyridine rings is 1. The van der Waals surface area contributed by atoms with Crippen LogP contribution < -0.4 is 10.1 Å². The summed E-state index contributed by atoms with van der Waals surface area (Å²) < 4.78 is 5.09. The van der Waals surface area contributed by atoms with Crippen molar-refractivity contribution in [2.24, 2.45) is 0 Å². The van der Waals surface area contributed by atoms with E-state index in [0.717, 1.165) is 5.56 Å². The second-order valence-corrected chi connectivity index (χ2v) is 6.60. The van der Waals surface area contributed by atoms with Gasteiger partial charge in [0, 0.05) is 35.9 Å².